The summed E-state index contributed by atoms with van der Waals surface area (Å²) in [6, 6.07) is 6.55. The summed E-state index contributed by atoms with van der Waals surface area (Å²) in [5.41, 5.74) is -0.306. The molecule has 0 N–H and O–H groups in total. The molecule has 0 radical (unpaired) electrons. The van der Waals surface area contributed by atoms with Crippen LogP contribution in [0.5, 0.6) is 5.75 Å². The van der Waals surface area contributed by atoms with E-state index in [-0.39, 0.29) is 16.4 Å². The van der Waals surface area contributed by atoms with Crippen molar-refractivity contribution in [2.24, 2.45) is 5.41 Å². The normalized spacial score (nSPS) is 24.6. The molecule has 0 aliphatic heterocycles. The van der Waals surface area contributed by atoms with Crippen molar-refractivity contribution in [3.05, 3.63) is 24.3 Å². The van der Waals surface area contributed by atoms with E-state index in [9.17, 15) is 13.2 Å². The minimum Gasteiger partial charge on any atom is -0.489 e. The Balaban J connectivity index is 1.80. The van der Waals surface area contributed by atoms with Crippen LogP contribution in [0.4, 0.5) is 0 Å². The van der Waals surface area contributed by atoms with Crippen LogP contribution in [-0.4, -0.2) is 26.6 Å². The summed E-state index contributed by atoms with van der Waals surface area (Å²) >= 11 is 0. The summed E-state index contributed by atoms with van der Waals surface area (Å²) < 4.78 is 29.1. The van der Waals surface area contributed by atoms with E-state index >= 15 is 0 Å². The van der Waals surface area contributed by atoms with Gasteiger partial charge in [0.25, 0.3) is 0 Å². The molecule has 21 heavy (non-hydrogen) atoms. The van der Waals surface area contributed by atoms with Crippen LogP contribution in [0, 0.1) is 5.41 Å². The Labute approximate surface area is 125 Å². The molecule has 2 aliphatic rings. The Bertz CT molecular complexity index is 657. The third-order valence-electron chi connectivity index (χ3n) is 4.80. The first kappa shape index (κ1) is 14.6. The molecule has 0 saturated heterocycles. The van der Waals surface area contributed by atoms with E-state index in [0.717, 1.165) is 25.7 Å². The Morgan fingerprint density at radius 2 is 1.90 bits per heavy atom. The molecule has 1 aromatic carbocycles. The predicted molar refractivity (Wildman–Crippen MR) is 79.1 cm³/mol. The van der Waals surface area contributed by atoms with Gasteiger partial charge in [-0.1, -0.05) is 25.3 Å². The number of Topliss-reactive ketones (excluding diaryl/α,β-unsaturated/α-hetero) is 1. The van der Waals surface area contributed by atoms with Crippen LogP contribution in [0.25, 0.3) is 0 Å². The maximum Gasteiger partial charge on any atom is 0.175 e. The fourth-order valence-corrected chi connectivity index (χ4v) is 4.15. The van der Waals surface area contributed by atoms with Crippen LogP contribution < -0.4 is 4.74 Å². The van der Waals surface area contributed by atoms with E-state index < -0.39 is 9.84 Å². The van der Waals surface area contributed by atoms with Crippen LogP contribution in [0.2, 0.25) is 0 Å². The number of sulfone groups is 1. The molecule has 114 valence electrons. The molecule has 3 rings (SSSR count). The smallest absolute Gasteiger partial charge is 0.175 e. The van der Waals surface area contributed by atoms with Crippen molar-refractivity contribution in [1.82, 2.24) is 0 Å². The summed E-state index contributed by atoms with van der Waals surface area (Å²) in [6.07, 6.45) is 6.69. The number of hydrogen-bond acceptors (Lipinski definition) is 4. The average molecular weight is 308 g/mol. The molecule has 1 spiro atoms. The zero-order valence-electron chi connectivity index (χ0n) is 12.2. The van der Waals surface area contributed by atoms with Crippen molar-refractivity contribution in [2.75, 3.05) is 6.26 Å². The van der Waals surface area contributed by atoms with Crippen LogP contribution in [0.1, 0.15) is 38.5 Å². The molecule has 5 heteroatoms. The quantitative estimate of drug-likeness (QED) is 0.861. The number of rotatable bonds is 3. The highest BCUT2D eigenvalue weighted by Crippen LogP contribution is 2.50. The van der Waals surface area contributed by atoms with Crippen LogP contribution >= 0.6 is 0 Å². The van der Waals surface area contributed by atoms with Crippen LogP contribution in [-0.2, 0) is 14.6 Å². The Morgan fingerprint density at radius 1 is 1.19 bits per heavy atom. The van der Waals surface area contributed by atoms with Crippen molar-refractivity contribution < 1.29 is 17.9 Å². The van der Waals surface area contributed by atoms with E-state index in [4.69, 9.17) is 4.74 Å². The molecule has 0 aromatic heterocycles. The highest BCUT2D eigenvalue weighted by atomic mass is 32.2. The number of hydrogen-bond donors (Lipinski definition) is 0. The van der Waals surface area contributed by atoms with E-state index in [1.807, 2.05) is 0 Å². The van der Waals surface area contributed by atoms with Crippen molar-refractivity contribution in [3.8, 4) is 5.75 Å². The standard InChI is InChI=1S/C16H20O4S/c1-21(18,19)13-7-5-6-12(10-13)20-15-11-14(17)16(15)8-3-2-4-9-16/h5-7,10,15H,2-4,8-9,11H2,1H3. The van der Waals surface area contributed by atoms with Gasteiger partial charge in [0.1, 0.15) is 17.6 Å². The minimum atomic E-state index is -3.24. The second-order valence-corrected chi connectivity index (χ2v) is 8.21. The summed E-state index contributed by atoms with van der Waals surface area (Å²) in [4.78, 5) is 12.3. The molecule has 1 atom stereocenters. The van der Waals surface area contributed by atoms with Crippen molar-refractivity contribution >= 4 is 15.6 Å². The topological polar surface area (TPSA) is 60.4 Å². The zero-order chi connectivity index (χ0) is 15.1. The van der Waals surface area contributed by atoms with Gasteiger partial charge in [-0.15, -0.1) is 0 Å². The molecule has 0 bridgehead atoms. The van der Waals surface area contributed by atoms with E-state index in [1.54, 1.807) is 24.3 Å². The first-order valence-electron chi connectivity index (χ1n) is 7.42. The number of ketones is 1. The molecule has 0 heterocycles. The van der Waals surface area contributed by atoms with Gasteiger partial charge in [0.2, 0.25) is 0 Å². The first-order valence-corrected chi connectivity index (χ1v) is 9.31. The first-order chi connectivity index (χ1) is 9.92. The molecule has 2 saturated carbocycles. The van der Waals surface area contributed by atoms with Gasteiger partial charge in [0.15, 0.2) is 9.84 Å². The van der Waals surface area contributed by atoms with Gasteiger partial charge in [-0.25, -0.2) is 8.42 Å². The Kier molecular flexibility index (Phi) is 3.56. The highest BCUT2D eigenvalue weighted by Gasteiger charge is 2.56. The minimum absolute atomic E-state index is 0.0971. The van der Waals surface area contributed by atoms with Gasteiger partial charge < -0.3 is 4.74 Å². The third-order valence-corrected chi connectivity index (χ3v) is 5.91. The van der Waals surface area contributed by atoms with E-state index in [2.05, 4.69) is 0 Å². The largest absolute Gasteiger partial charge is 0.489 e. The monoisotopic (exact) mass is 308 g/mol. The SMILES string of the molecule is CS(=O)(=O)c1cccc(OC2CC(=O)C23CCCCC3)c1. The molecule has 4 nitrogen and oxygen atoms in total. The van der Waals surface area contributed by atoms with E-state index in [1.165, 1.54) is 12.7 Å². The highest BCUT2D eigenvalue weighted by molar-refractivity contribution is 7.90. The van der Waals surface area contributed by atoms with Crippen molar-refractivity contribution in [3.63, 3.8) is 0 Å². The summed E-state index contributed by atoms with van der Waals surface area (Å²) in [5.74, 6) is 0.854. The molecule has 2 fully saturated rings. The molecule has 1 unspecified atom stereocenters. The van der Waals surface area contributed by atoms with Gasteiger partial charge in [-0.2, -0.15) is 0 Å². The predicted octanol–water partition coefficient (Wildman–Crippen LogP) is 2.76. The molecular weight excluding hydrogens is 288 g/mol. The number of ether oxygens (including phenoxy) is 1. The Hall–Kier alpha value is -1.36. The lowest BCUT2D eigenvalue weighted by Crippen LogP contribution is -2.57. The van der Waals surface area contributed by atoms with Crippen LogP contribution in [0.15, 0.2) is 29.2 Å². The zero-order valence-corrected chi connectivity index (χ0v) is 13.0. The Morgan fingerprint density at radius 3 is 2.52 bits per heavy atom. The van der Waals surface area contributed by atoms with Gasteiger partial charge >= 0.3 is 0 Å². The van der Waals surface area contributed by atoms with Crippen molar-refractivity contribution in [2.45, 2.75) is 49.5 Å². The number of carbonyl (C=O) groups excluding carboxylic acids is 1. The summed E-state index contributed by atoms with van der Waals surface area (Å²) in [5, 5.41) is 0. The second-order valence-electron chi connectivity index (χ2n) is 6.20. The number of carbonyl (C=O) groups is 1. The molecular formula is C16H20O4S. The summed E-state index contributed by atoms with van der Waals surface area (Å²) in [7, 11) is -3.24. The van der Waals surface area contributed by atoms with E-state index in [0.29, 0.717) is 18.0 Å². The average Bonchev–Trinajstić information content (AvgIpc) is 2.47. The fraction of sp³-hybridized carbons (Fsp3) is 0.562. The number of benzene rings is 1. The van der Waals surface area contributed by atoms with Gasteiger partial charge in [-0.3, -0.25) is 4.79 Å². The van der Waals surface area contributed by atoms with Gasteiger partial charge in [0, 0.05) is 12.7 Å². The maximum atomic E-state index is 12.1. The third kappa shape index (κ3) is 2.59. The van der Waals surface area contributed by atoms with Gasteiger partial charge in [-0.05, 0) is 31.0 Å². The molecule has 0 amide bonds. The lowest BCUT2D eigenvalue weighted by atomic mass is 9.57. The molecule has 2 aliphatic carbocycles. The molecule has 1 aromatic rings. The lowest BCUT2D eigenvalue weighted by Gasteiger charge is -2.49. The maximum absolute atomic E-state index is 12.1. The van der Waals surface area contributed by atoms with Crippen molar-refractivity contribution in [1.29, 1.82) is 0 Å². The fourth-order valence-electron chi connectivity index (χ4n) is 3.50. The lowest BCUT2D eigenvalue weighted by molar-refractivity contribution is -0.156. The summed E-state index contributed by atoms with van der Waals surface area (Å²) in [6.45, 7) is 0. The van der Waals surface area contributed by atoms with Crippen LogP contribution in [0.3, 0.4) is 0 Å². The van der Waals surface area contributed by atoms with Gasteiger partial charge in [0.05, 0.1) is 10.3 Å². The second kappa shape index (κ2) is 5.13.